The van der Waals surface area contributed by atoms with Gasteiger partial charge in [-0.2, -0.15) is 5.10 Å². The maximum atomic E-state index is 12.4. The van der Waals surface area contributed by atoms with Gasteiger partial charge < -0.3 is 15.5 Å². The number of likely N-dealkylation sites (N-methyl/N-ethyl adjacent to an activating group) is 1. The number of H-pyrrole nitrogens is 1. The lowest BCUT2D eigenvalue weighted by molar-refractivity contribution is -0.118. The van der Waals surface area contributed by atoms with E-state index < -0.39 is 0 Å². The number of fused-ring (bicyclic) bond motifs is 1. The number of hydrogen-bond donors (Lipinski definition) is 3. The van der Waals surface area contributed by atoms with Gasteiger partial charge in [0.2, 0.25) is 11.8 Å². The number of hydrogen-bond acceptors (Lipinski definition) is 5. The number of anilines is 2. The van der Waals surface area contributed by atoms with Gasteiger partial charge in [-0.25, -0.2) is 0 Å². The minimum Gasteiger partial charge on any atom is -0.325 e. The summed E-state index contributed by atoms with van der Waals surface area (Å²) in [5.74, 6) is 0.275. The summed E-state index contributed by atoms with van der Waals surface area (Å²) in [6.45, 7) is 4.10. The Morgan fingerprint density at radius 3 is 2.53 bits per heavy atom. The summed E-state index contributed by atoms with van der Waals surface area (Å²) in [5, 5.41) is 13.7. The molecule has 1 aliphatic heterocycles. The minimum absolute atomic E-state index is 0.0444. The number of benzene rings is 2. The SMILES string of the molecule is CN1CCN(CC(=O)Nc2ccc3[nH]nc(NC(=O)Cc4ccccc4)c3c2)CC1. The van der Waals surface area contributed by atoms with Crippen molar-refractivity contribution in [3.05, 3.63) is 54.1 Å². The average molecular weight is 406 g/mol. The molecule has 0 atom stereocenters. The number of amides is 2. The number of carbonyl (C=O) groups is 2. The first kappa shape index (κ1) is 20.1. The second kappa shape index (κ2) is 9.06. The van der Waals surface area contributed by atoms with Crippen molar-refractivity contribution in [3.8, 4) is 0 Å². The summed E-state index contributed by atoms with van der Waals surface area (Å²) in [7, 11) is 2.09. The number of nitrogens with one attached hydrogen (secondary N) is 3. The Labute approximate surface area is 175 Å². The van der Waals surface area contributed by atoms with Crippen LogP contribution >= 0.6 is 0 Å². The Morgan fingerprint density at radius 2 is 1.77 bits per heavy atom. The molecule has 0 spiro atoms. The Morgan fingerprint density at radius 1 is 1.00 bits per heavy atom. The van der Waals surface area contributed by atoms with Crippen LogP contribution in [0.1, 0.15) is 5.56 Å². The van der Waals surface area contributed by atoms with Crippen molar-refractivity contribution < 1.29 is 9.59 Å². The van der Waals surface area contributed by atoms with Gasteiger partial charge in [-0.1, -0.05) is 30.3 Å². The van der Waals surface area contributed by atoms with Crippen LogP contribution in [0.15, 0.2) is 48.5 Å². The highest BCUT2D eigenvalue weighted by molar-refractivity contribution is 6.02. The molecule has 4 rings (SSSR count). The summed E-state index contributed by atoms with van der Waals surface area (Å²) in [6.07, 6.45) is 0.274. The first-order valence-electron chi connectivity index (χ1n) is 10.1. The molecule has 156 valence electrons. The van der Waals surface area contributed by atoms with E-state index in [0.717, 1.165) is 42.6 Å². The van der Waals surface area contributed by atoms with E-state index in [1.54, 1.807) is 0 Å². The molecule has 0 aliphatic carbocycles. The number of rotatable bonds is 6. The van der Waals surface area contributed by atoms with Gasteiger partial charge >= 0.3 is 0 Å². The fraction of sp³-hybridized carbons (Fsp3) is 0.318. The van der Waals surface area contributed by atoms with Gasteiger partial charge in [0.1, 0.15) is 0 Å². The number of aromatic amines is 1. The standard InChI is InChI=1S/C22H26N6O2/c1-27-9-11-28(12-10-27)15-21(30)23-17-7-8-19-18(14-17)22(26-25-19)24-20(29)13-16-5-3-2-4-6-16/h2-8,14H,9-13,15H2,1H3,(H,23,30)(H2,24,25,26,29). The highest BCUT2D eigenvalue weighted by Crippen LogP contribution is 2.24. The topological polar surface area (TPSA) is 93.4 Å². The number of aromatic nitrogens is 2. The zero-order chi connectivity index (χ0) is 20.9. The zero-order valence-electron chi connectivity index (χ0n) is 17.0. The molecule has 3 aromatic rings. The summed E-state index contributed by atoms with van der Waals surface area (Å²) < 4.78 is 0. The summed E-state index contributed by atoms with van der Waals surface area (Å²) in [5.41, 5.74) is 2.41. The zero-order valence-corrected chi connectivity index (χ0v) is 17.0. The lowest BCUT2D eigenvalue weighted by atomic mass is 10.1. The largest absolute Gasteiger partial charge is 0.325 e. The molecule has 1 saturated heterocycles. The monoisotopic (exact) mass is 406 g/mol. The highest BCUT2D eigenvalue weighted by atomic mass is 16.2. The molecule has 2 amide bonds. The third-order valence-electron chi connectivity index (χ3n) is 5.28. The number of carbonyl (C=O) groups excluding carboxylic acids is 2. The second-order valence-corrected chi connectivity index (χ2v) is 7.67. The molecule has 0 unspecified atom stereocenters. The molecule has 30 heavy (non-hydrogen) atoms. The van der Waals surface area contributed by atoms with E-state index in [1.807, 2.05) is 48.5 Å². The molecule has 0 saturated carbocycles. The maximum absolute atomic E-state index is 12.4. The molecular weight excluding hydrogens is 380 g/mol. The van der Waals surface area contributed by atoms with Gasteiger partial charge in [-0.15, -0.1) is 0 Å². The third-order valence-corrected chi connectivity index (χ3v) is 5.28. The van der Waals surface area contributed by atoms with Crippen molar-refractivity contribution in [3.63, 3.8) is 0 Å². The molecule has 0 bridgehead atoms. The van der Waals surface area contributed by atoms with Crippen LogP contribution in [0.5, 0.6) is 0 Å². The first-order chi connectivity index (χ1) is 14.6. The molecule has 1 aliphatic rings. The molecule has 8 nitrogen and oxygen atoms in total. The fourth-order valence-electron chi connectivity index (χ4n) is 3.55. The predicted molar refractivity (Wildman–Crippen MR) is 117 cm³/mol. The molecule has 2 aromatic carbocycles. The van der Waals surface area contributed by atoms with E-state index in [2.05, 4.69) is 37.7 Å². The van der Waals surface area contributed by atoms with Crippen LogP contribution in [0.4, 0.5) is 11.5 Å². The minimum atomic E-state index is -0.140. The van der Waals surface area contributed by atoms with Crippen LogP contribution in [-0.2, 0) is 16.0 Å². The van der Waals surface area contributed by atoms with Crippen molar-refractivity contribution in [2.45, 2.75) is 6.42 Å². The molecule has 3 N–H and O–H groups in total. The number of nitrogens with zero attached hydrogens (tertiary/aromatic N) is 3. The van der Waals surface area contributed by atoms with Gasteiger partial charge in [0, 0.05) is 37.3 Å². The second-order valence-electron chi connectivity index (χ2n) is 7.67. The molecule has 1 fully saturated rings. The van der Waals surface area contributed by atoms with Crippen LogP contribution in [0, 0.1) is 0 Å². The average Bonchev–Trinajstić information content (AvgIpc) is 3.12. The Kier molecular flexibility index (Phi) is 6.06. The normalized spacial score (nSPS) is 15.2. The van der Waals surface area contributed by atoms with Crippen LogP contribution in [0.3, 0.4) is 0 Å². The van der Waals surface area contributed by atoms with Crippen LogP contribution in [-0.4, -0.2) is 71.6 Å². The smallest absolute Gasteiger partial charge is 0.238 e. The Hall–Kier alpha value is -3.23. The molecule has 2 heterocycles. The quantitative estimate of drug-likeness (QED) is 0.582. The van der Waals surface area contributed by atoms with Crippen molar-refractivity contribution in [2.75, 3.05) is 50.4 Å². The Balaban J connectivity index is 1.39. The lowest BCUT2D eigenvalue weighted by Crippen LogP contribution is -2.47. The summed E-state index contributed by atoms with van der Waals surface area (Å²) in [6, 6.07) is 15.1. The van der Waals surface area contributed by atoms with Crippen LogP contribution in [0.2, 0.25) is 0 Å². The van der Waals surface area contributed by atoms with E-state index in [4.69, 9.17) is 0 Å². The van der Waals surface area contributed by atoms with Crippen LogP contribution in [0.25, 0.3) is 10.9 Å². The van der Waals surface area contributed by atoms with E-state index in [9.17, 15) is 9.59 Å². The molecular formula is C22H26N6O2. The van der Waals surface area contributed by atoms with Crippen molar-refractivity contribution in [1.82, 2.24) is 20.0 Å². The fourth-order valence-corrected chi connectivity index (χ4v) is 3.55. The molecule has 1 aromatic heterocycles. The van der Waals surface area contributed by atoms with E-state index >= 15 is 0 Å². The van der Waals surface area contributed by atoms with Gasteiger partial charge in [0.25, 0.3) is 0 Å². The third kappa shape index (κ3) is 5.03. The number of piperazine rings is 1. The predicted octanol–water partition coefficient (Wildman–Crippen LogP) is 1.93. The van der Waals surface area contributed by atoms with Gasteiger partial charge in [0.05, 0.1) is 18.5 Å². The van der Waals surface area contributed by atoms with Gasteiger partial charge in [-0.05, 0) is 30.8 Å². The van der Waals surface area contributed by atoms with Crippen molar-refractivity contribution in [2.24, 2.45) is 0 Å². The highest BCUT2D eigenvalue weighted by Gasteiger charge is 2.17. The molecule has 0 radical (unpaired) electrons. The van der Waals surface area contributed by atoms with Crippen LogP contribution < -0.4 is 10.6 Å². The van der Waals surface area contributed by atoms with Gasteiger partial charge in [0.15, 0.2) is 5.82 Å². The maximum Gasteiger partial charge on any atom is 0.238 e. The van der Waals surface area contributed by atoms with Crippen molar-refractivity contribution in [1.29, 1.82) is 0 Å². The van der Waals surface area contributed by atoms with Gasteiger partial charge in [-0.3, -0.25) is 19.6 Å². The summed E-state index contributed by atoms with van der Waals surface area (Å²) >= 11 is 0. The van der Waals surface area contributed by atoms with Crippen molar-refractivity contribution >= 4 is 34.2 Å². The summed E-state index contributed by atoms with van der Waals surface area (Å²) in [4.78, 5) is 29.2. The first-order valence-corrected chi connectivity index (χ1v) is 10.1. The van der Waals surface area contributed by atoms with E-state index in [1.165, 1.54) is 0 Å². The van der Waals surface area contributed by atoms with E-state index in [-0.39, 0.29) is 18.2 Å². The Bertz CT molecular complexity index is 1020. The van der Waals surface area contributed by atoms with E-state index in [0.29, 0.717) is 18.1 Å². The molecule has 8 heteroatoms. The lowest BCUT2D eigenvalue weighted by Gasteiger charge is -2.31.